The summed E-state index contributed by atoms with van der Waals surface area (Å²) in [6.45, 7) is 1.54. The van der Waals surface area contributed by atoms with Gasteiger partial charge in [0.25, 0.3) is 0 Å². The van der Waals surface area contributed by atoms with Crippen LogP contribution in [0, 0.1) is 0 Å². The molecule has 1 fully saturated rings. The molecule has 0 atom stereocenters. The summed E-state index contributed by atoms with van der Waals surface area (Å²) in [5, 5.41) is 10.9. The topological polar surface area (TPSA) is 93.9 Å². The first-order valence-electron chi connectivity index (χ1n) is 14.9. The van der Waals surface area contributed by atoms with Crippen LogP contribution in [0.15, 0.2) is 84.9 Å². The summed E-state index contributed by atoms with van der Waals surface area (Å²) in [7, 11) is 3.23. The first-order valence-corrected chi connectivity index (χ1v) is 16.9. The molecule has 1 aliphatic heterocycles. The summed E-state index contributed by atoms with van der Waals surface area (Å²) in [5.41, 5.74) is 6.98. The third kappa shape index (κ3) is 5.48. The maximum atomic E-state index is 13.7. The molecule has 46 heavy (non-hydrogen) atoms. The van der Waals surface area contributed by atoms with Gasteiger partial charge in [-0.3, -0.25) is 4.79 Å². The minimum Gasteiger partial charge on any atom is -0.493 e. The average molecular weight is 650 g/mol. The van der Waals surface area contributed by atoms with Crippen molar-refractivity contribution in [2.45, 2.75) is 6.54 Å². The highest BCUT2D eigenvalue weighted by Crippen LogP contribution is 2.45. The van der Waals surface area contributed by atoms with E-state index in [1.807, 2.05) is 88.0 Å². The fourth-order valence-electron chi connectivity index (χ4n) is 6.04. The number of carboxylic acids is 1. The second-order valence-electron chi connectivity index (χ2n) is 11.0. The summed E-state index contributed by atoms with van der Waals surface area (Å²) < 4.78 is 13.8. The Bertz CT molecular complexity index is 2100. The van der Waals surface area contributed by atoms with Gasteiger partial charge in [-0.1, -0.05) is 42.5 Å². The van der Waals surface area contributed by atoms with Crippen molar-refractivity contribution in [2.75, 3.05) is 38.8 Å². The first-order chi connectivity index (χ1) is 22.4. The van der Waals surface area contributed by atoms with E-state index in [-0.39, 0.29) is 17.3 Å². The number of aromatic carboxylic acids is 1. The Kier molecular flexibility index (Phi) is 8.14. The number of benzene rings is 3. The van der Waals surface area contributed by atoms with Gasteiger partial charge in [0.15, 0.2) is 11.5 Å². The van der Waals surface area contributed by atoms with Crippen LogP contribution in [-0.2, 0) is 11.3 Å². The Morgan fingerprint density at radius 2 is 1.61 bits per heavy atom. The number of fused-ring (bicyclic) bond motifs is 2. The van der Waals surface area contributed by atoms with Crippen LogP contribution in [-0.4, -0.2) is 70.2 Å². The Morgan fingerprint density at radius 1 is 0.848 bits per heavy atom. The van der Waals surface area contributed by atoms with Crippen molar-refractivity contribution < 1.29 is 24.2 Å². The molecule has 1 N–H and O–H groups in total. The van der Waals surface area contributed by atoms with Gasteiger partial charge in [-0.05, 0) is 53.6 Å². The lowest BCUT2D eigenvalue weighted by atomic mass is 9.99. The maximum Gasteiger partial charge on any atom is 0.345 e. The van der Waals surface area contributed by atoms with Crippen LogP contribution in [0.3, 0.4) is 0 Å². The highest BCUT2D eigenvalue weighted by Gasteiger charge is 2.27. The second-order valence-corrected chi connectivity index (χ2v) is 13.2. The molecule has 0 unspecified atom stereocenters. The summed E-state index contributed by atoms with van der Waals surface area (Å²) in [6, 6.07) is 27.6. The molecule has 1 saturated heterocycles. The zero-order chi connectivity index (χ0) is 31.8. The number of thiophene rings is 1. The number of thioether (sulfide) groups is 1. The predicted octanol–water partition coefficient (Wildman–Crippen LogP) is 7.54. The summed E-state index contributed by atoms with van der Waals surface area (Å²) in [6.07, 6.45) is 0. The number of rotatable bonds is 8. The normalized spacial score (nSPS) is 13.3. The van der Waals surface area contributed by atoms with Crippen molar-refractivity contribution in [3.05, 3.63) is 89.8 Å². The van der Waals surface area contributed by atoms with Gasteiger partial charge in [-0.2, -0.15) is 11.8 Å². The van der Waals surface area contributed by atoms with E-state index in [1.54, 1.807) is 20.3 Å². The fourth-order valence-corrected chi connectivity index (χ4v) is 8.01. The number of hydrogen-bond acceptors (Lipinski definition) is 7. The largest absolute Gasteiger partial charge is 0.493 e. The van der Waals surface area contributed by atoms with E-state index in [2.05, 4.69) is 12.1 Å². The number of carbonyl (C=O) groups excluding carboxylic acids is 1. The molecule has 8 nitrogen and oxygen atoms in total. The highest BCUT2D eigenvalue weighted by molar-refractivity contribution is 7.99. The number of amides is 1. The zero-order valence-corrected chi connectivity index (χ0v) is 27.0. The lowest BCUT2D eigenvalue weighted by Gasteiger charge is -2.27. The Hall–Kier alpha value is -4.80. The van der Waals surface area contributed by atoms with E-state index < -0.39 is 5.97 Å². The molecule has 1 amide bonds. The van der Waals surface area contributed by atoms with Gasteiger partial charge >= 0.3 is 5.97 Å². The molecule has 0 spiro atoms. The molecule has 0 saturated carbocycles. The van der Waals surface area contributed by atoms with Crippen LogP contribution in [0.1, 0.15) is 9.67 Å². The molecular formula is C36H31N3O5S2. The molecule has 3 aromatic heterocycles. The van der Waals surface area contributed by atoms with Crippen molar-refractivity contribution >= 4 is 56.1 Å². The van der Waals surface area contributed by atoms with Crippen LogP contribution in [0.4, 0.5) is 0 Å². The fraction of sp³-hybridized carbons (Fsp3) is 0.194. The van der Waals surface area contributed by atoms with Crippen molar-refractivity contribution in [1.29, 1.82) is 0 Å². The minimum absolute atomic E-state index is 0.0307. The summed E-state index contributed by atoms with van der Waals surface area (Å²) in [5.74, 6) is 2.18. The van der Waals surface area contributed by atoms with Crippen LogP contribution in [0.25, 0.3) is 54.8 Å². The van der Waals surface area contributed by atoms with E-state index in [0.29, 0.717) is 24.6 Å². The van der Waals surface area contributed by atoms with Crippen molar-refractivity contribution in [3.63, 3.8) is 0 Å². The van der Waals surface area contributed by atoms with E-state index in [1.165, 1.54) is 11.3 Å². The third-order valence-corrected chi connectivity index (χ3v) is 10.4. The zero-order valence-electron chi connectivity index (χ0n) is 25.4. The van der Waals surface area contributed by atoms with Gasteiger partial charge in [-0.15, -0.1) is 11.3 Å². The quantitative estimate of drug-likeness (QED) is 0.182. The van der Waals surface area contributed by atoms with Gasteiger partial charge in [0, 0.05) is 41.1 Å². The monoisotopic (exact) mass is 649 g/mol. The van der Waals surface area contributed by atoms with E-state index in [4.69, 9.17) is 14.5 Å². The number of carboxylic acid groups (broad SMARTS) is 1. The number of pyridine rings is 1. The van der Waals surface area contributed by atoms with Crippen LogP contribution in [0.5, 0.6) is 11.5 Å². The number of methoxy groups -OCH3 is 2. The molecule has 4 heterocycles. The van der Waals surface area contributed by atoms with Crippen molar-refractivity contribution in [1.82, 2.24) is 14.5 Å². The molecule has 1 aliphatic rings. The smallest absolute Gasteiger partial charge is 0.345 e. The molecule has 6 aromatic rings. The summed E-state index contributed by atoms with van der Waals surface area (Å²) >= 11 is 3.10. The maximum absolute atomic E-state index is 13.7. The first kappa shape index (κ1) is 29.9. The van der Waals surface area contributed by atoms with Crippen molar-refractivity contribution in [2.24, 2.45) is 0 Å². The van der Waals surface area contributed by atoms with Gasteiger partial charge in [0.05, 0.1) is 41.3 Å². The average Bonchev–Trinajstić information content (AvgIpc) is 3.66. The van der Waals surface area contributed by atoms with E-state index in [0.717, 1.165) is 66.3 Å². The number of nitrogens with zero attached hydrogens (tertiary/aromatic N) is 3. The van der Waals surface area contributed by atoms with Gasteiger partial charge in [0.2, 0.25) is 5.91 Å². The Balaban J connectivity index is 1.38. The van der Waals surface area contributed by atoms with Crippen LogP contribution >= 0.6 is 23.1 Å². The molecule has 7 rings (SSSR count). The highest BCUT2D eigenvalue weighted by atomic mass is 32.2. The van der Waals surface area contributed by atoms with E-state index >= 15 is 0 Å². The molecule has 0 bridgehead atoms. The van der Waals surface area contributed by atoms with Crippen LogP contribution < -0.4 is 9.47 Å². The SMILES string of the molecule is COc1ccc(-c2ccc3cc(-c4c(-c5ccccc5)c5sc(C(=O)O)cc5n4CC(=O)N4CCSCC4)ccc3n2)cc1OC. The van der Waals surface area contributed by atoms with Gasteiger partial charge < -0.3 is 24.0 Å². The number of carbonyl (C=O) groups is 2. The molecule has 0 radical (unpaired) electrons. The lowest BCUT2D eigenvalue weighted by molar-refractivity contribution is -0.131. The third-order valence-electron chi connectivity index (χ3n) is 8.31. The lowest BCUT2D eigenvalue weighted by Crippen LogP contribution is -2.39. The summed E-state index contributed by atoms with van der Waals surface area (Å²) in [4.78, 5) is 32.9. The number of aromatic nitrogens is 2. The Labute approximate surface area is 274 Å². The van der Waals surface area contributed by atoms with E-state index in [9.17, 15) is 14.7 Å². The standard InChI is InChI=1S/C36H31N3O5S2/c1-43-29-13-10-24(19-30(29)44-2)27-11-8-23-18-25(9-12-26(23)37-27)34-33(22-6-4-3-5-7-22)35-28(20-31(46-35)36(41)42)39(34)21-32(40)38-14-16-45-17-15-38/h3-13,18-20H,14-17,21H2,1-2H3,(H,41,42). The predicted molar refractivity (Wildman–Crippen MR) is 185 cm³/mol. The van der Waals surface area contributed by atoms with Gasteiger partial charge in [-0.25, -0.2) is 9.78 Å². The molecule has 232 valence electrons. The van der Waals surface area contributed by atoms with Crippen LogP contribution in [0.2, 0.25) is 0 Å². The second kappa shape index (κ2) is 12.5. The molecule has 0 aliphatic carbocycles. The molecular weight excluding hydrogens is 619 g/mol. The number of hydrogen-bond donors (Lipinski definition) is 1. The molecule has 3 aromatic carbocycles. The Morgan fingerprint density at radius 3 is 2.35 bits per heavy atom. The minimum atomic E-state index is -0.977. The number of ether oxygens (including phenoxy) is 2. The van der Waals surface area contributed by atoms with Crippen molar-refractivity contribution in [3.8, 4) is 45.1 Å². The van der Waals surface area contributed by atoms with Gasteiger partial charge in [0.1, 0.15) is 11.4 Å². The molecule has 10 heteroatoms.